The van der Waals surface area contributed by atoms with Gasteiger partial charge in [-0.15, -0.1) is 0 Å². The Labute approximate surface area is 123 Å². The standard InChI is InChI=1S/C17H16ClNO/c1-10-3-4-11(2)12(7-10)8-15-14-9-13(18)5-6-16(14)19-17(15)20/h3-7,9,15H,8H2,1-2H3,(H,19,20)/t15-/m1/s1. The normalized spacial score (nSPS) is 16.9. The summed E-state index contributed by atoms with van der Waals surface area (Å²) in [6, 6.07) is 11.9. The molecule has 0 aliphatic carbocycles. The molecule has 3 rings (SSSR count). The molecule has 0 unspecified atom stereocenters. The van der Waals surface area contributed by atoms with E-state index < -0.39 is 0 Å². The molecule has 0 fully saturated rings. The van der Waals surface area contributed by atoms with Gasteiger partial charge in [0.15, 0.2) is 0 Å². The monoisotopic (exact) mass is 285 g/mol. The topological polar surface area (TPSA) is 29.1 Å². The molecule has 2 aromatic rings. The first-order valence-electron chi connectivity index (χ1n) is 6.71. The average Bonchev–Trinajstić information content (AvgIpc) is 2.70. The molecule has 0 saturated heterocycles. The van der Waals surface area contributed by atoms with Crippen LogP contribution in [0.2, 0.25) is 5.02 Å². The highest BCUT2D eigenvalue weighted by molar-refractivity contribution is 6.31. The Morgan fingerprint density at radius 2 is 1.95 bits per heavy atom. The predicted octanol–water partition coefficient (Wildman–Crippen LogP) is 4.24. The van der Waals surface area contributed by atoms with Gasteiger partial charge >= 0.3 is 0 Å². The van der Waals surface area contributed by atoms with Crippen molar-refractivity contribution in [1.82, 2.24) is 0 Å². The van der Waals surface area contributed by atoms with Crippen molar-refractivity contribution in [2.45, 2.75) is 26.2 Å². The molecule has 0 spiro atoms. The minimum absolute atomic E-state index is 0.0585. The fraction of sp³-hybridized carbons (Fsp3) is 0.235. The second kappa shape index (κ2) is 4.95. The third-order valence-corrected chi connectivity index (χ3v) is 4.13. The van der Waals surface area contributed by atoms with Gasteiger partial charge in [0.25, 0.3) is 0 Å². The van der Waals surface area contributed by atoms with Crippen molar-refractivity contribution in [2.24, 2.45) is 0 Å². The Hall–Kier alpha value is -1.80. The fourth-order valence-corrected chi connectivity index (χ4v) is 2.92. The summed E-state index contributed by atoms with van der Waals surface area (Å²) in [5.41, 5.74) is 5.55. The summed E-state index contributed by atoms with van der Waals surface area (Å²) < 4.78 is 0. The van der Waals surface area contributed by atoms with Crippen LogP contribution in [-0.2, 0) is 11.2 Å². The quantitative estimate of drug-likeness (QED) is 0.879. The van der Waals surface area contributed by atoms with Gasteiger partial charge in [0.05, 0.1) is 5.92 Å². The van der Waals surface area contributed by atoms with Crippen molar-refractivity contribution in [3.63, 3.8) is 0 Å². The van der Waals surface area contributed by atoms with E-state index in [0.717, 1.165) is 11.3 Å². The highest BCUT2D eigenvalue weighted by Crippen LogP contribution is 2.36. The number of rotatable bonds is 2. The van der Waals surface area contributed by atoms with Crippen LogP contribution in [0.3, 0.4) is 0 Å². The van der Waals surface area contributed by atoms with E-state index in [4.69, 9.17) is 11.6 Å². The van der Waals surface area contributed by atoms with E-state index >= 15 is 0 Å². The van der Waals surface area contributed by atoms with E-state index in [0.29, 0.717) is 11.4 Å². The molecule has 1 aliphatic heterocycles. The molecule has 2 nitrogen and oxygen atoms in total. The summed E-state index contributed by atoms with van der Waals surface area (Å²) in [5, 5.41) is 3.60. The lowest BCUT2D eigenvalue weighted by Crippen LogP contribution is -2.14. The van der Waals surface area contributed by atoms with Gasteiger partial charge < -0.3 is 5.32 Å². The first-order valence-corrected chi connectivity index (χ1v) is 7.09. The Bertz CT molecular complexity index is 693. The number of aryl methyl sites for hydroxylation is 2. The van der Waals surface area contributed by atoms with E-state index in [-0.39, 0.29) is 11.8 Å². The molecule has 1 heterocycles. The number of hydrogen-bond donors (Lipinski definition) is 1. The van der Waals surface area contributed by atoms with E-state index in [1.54, 1.807) is 6.07 Å². The molecule has 0 radical (unpaired) electrons. The average molecular weight is 286 g/mol. The lowest BCUT2D eigenvalue weighted by atomic mass is 9.90. The molecule has 3 heteroatoms. The molecule has 0 aromatic heterocycles. The van der Waals surface area contributed by atoms with Crippen LogP contribution in [0, 0.1) is 13.8 Å². The molecular weight excluding hydrogens is 270 g/mol. The summed E-state index contributed by atoms with van der Waals surface area (Å²) >= 11 is 6.06. The largest absolute Gasteiger partial charge is 0.325 e. The van der Waals surface area contributed by atoms with Gasteiger partial charge in [-0.05, 0) is 55.2 Å². The maximum Gasteiger partial charge on any atom is 0.232 e. The van der Waals surface area contributed by atoms with Crippen LogP contribution in [0.5, 0.6) is 0 Å². The second-order valence-electron chi connectivity index (χ2n) is 5.41. The number of amides is 1. The lowest BCUT2D eigenvalue weighted by molar-refractivity contribution is -0.117. The molecule has 0 bridgehead atoms. The summed E-state index contributed by atoms with van der Waals surface area (Å²) in [6.45, 7) is 4.16. The van der Waals surface area contributed by atoms with Crippen molar-refractivity contribution in [2.75, 3.05) is 5.32 Å². The molecule has 1 N–H and O–H groups in total. The molecule has 20 heavy (non-hydrogen) atoms. The van der Waals surface area contributed by atoms with Gasteiger partial charge in [-0.2, -0.15) is 0 Å². The summed E-state index contributed by atoms with van der Waals surface area (Å²) in [6.07, 6.45) is 0.715. The second-order valence-corrected chi connectivity index (χ2v) is 5.84. The maximum absolute atomic E-state index is 12.2. The Kier molecular flexibility index (Phi) is 3.27. The predicted molar refractivity (Wildman–Crippen MR) is 82.4 cm³/mol. The number of carbonyl (C=O) groups is 1. The van der Waals surface area contributed by atoms with Crippen molar-refractivity contribution < 1.29 is 4.79 Å². The van der Waals surface area contributed by atoms with Gasteiger partial charge in [-0.1, -0.05) is 35.4 Å². The van der Waals surface area contributed by atoms with Crippen molar-refractivity contribution >= 4 is 23.2 Å². The number of halogens is 1. The number of benzene rings is 2. The zero-order valence-corrected chi connectivity index (χ0v) is 12.3. The fourth-order valence-electron chi connectivity index (χ4n) is 2.74. The molecule has 1 amide bonds. The van der Waals surface area contributed by atoms with Gasteiger partial charge in [0.2, 0.25) is 5.91 Å². The number of nitrogens with one attached hydrogen (secondary N) is 1. The molecule has 1 aliphatic rings. The minimum atomic E-state index is -0.149. The first kappa shape index (κ1) is 13.2. The highest BCUT2D eigenvalue weighted by atomic mass is 35.5. The van der Waals surface area contributed by atoms with Crippen LogP contribution >= 0.6 is 11.6 Å². The number of anilines is 1. The number of hydrogen-bond acceptors (Lipinski definition) is 1. The maximum atomic E-state index is 12.2. The van der Waals surface area contributed by atoms with Gasteiger partial charge in [-0.3, -0.25) is 4.79 Å². The van der Waals surface area contributed by atoms with Crippen molar-refractivity contribution in [1.29, 1.82) is 0 Å². The van der Waals surface area contributed by atoms with Crippen LogP contribution in [-0.4, -0.2) is 5.91 Å². The Balaban J connectivity index is 1.97. The first-order chi connectivity index (χ1) is 9.54. The summed E-state index contributed by atoms with van der Waals surface area (Å²) in [4.78, 5) is 12.2. The zero-order valence-electron chi connectivity index (χ0n) is 11.5. The smallest absolute Gasteiger partial charge is 0.232 e. The van der Waals surface area contributed by atoms with Crippen LogP contribution in [0.15, 0.2) is 36.4 Å². The van der Waals surface area contributed by atoms with Gasteiger partial charge in [-0.25, -0.2) is 0 Å². The third kappa shape index (κ3) is 2.32. The summed E-state index contributed by atoms with van der Waals surface area (Å²) in [5.74, 6) is -0.0904. The summed E-state index contributed by atoms with van der Waals surface area (Å²) in [7, 11) is 0. The number of fused-ring (bicyclic) bond motifs is 1. The lowest BCUT2D eigenvalue weighted by Gasteiger charge is -2.12. The van der Waals surface area contributed by atoms with E-state index in [1.165, 1.54) is 16.7 Å². The minimum Gasteiger partial charge on any atom is -0.325 e. The van der Waals surface area contributed by atoms with Gasteiger partial charge in [0, 0.05) is 10.7 Å². The molecule has 2 aromatic carbocycles. The Morgan fingerprint density at radius 3 is 2.75 bits per heavy atom. The molecular formula is C17H16ClNO. The third-order valence-electron chi connectivity index (χ3n) is 3.89. The van der Waals surface area contributed by atoms with E-state index in [9.17, 15) is 4.79 Å². The highest BCUT2D eigenvalue weighted by Gasteiger charge is 2.30. The van der Waals surface area contributed by atoms with Crippen molar-refractivity contribution in [3.8, 4) is 0 Å². The van der Waals surface area contributed by atoms with E-state index in [1.807, 2.05) is 12.1 Å². The molecule has 1 atom stereocenters. The van der Waals surface area contributed by atoms with Crippen LogP contribution in [0.4, 0.5) is 5.69 Å². The van der Waals surface area contributed by atoms with Crippen LogP contribution in [0.1, 0.15) is 28.2 Å². The number of carbonyl (C=O) groups excluding carboxylic acids is 1. The molecule has 0 saturated carbocycles. The SMILES string of the molecule is Cc1ccc(C)c(C[C@H]2C(=O)Nc3ccc(Cl)cc32)c1. The molecule has 102 valence electrons. The zero-order chi connectivity index (χ0) is 14.3. The Morgan fingerprint density at radius 1 is 1.15 bits per heavy atom. The van der Waals surface area contributed by atoms with Crippen molar-refractivity contribution in [3.05, 3.63) is 63.7 Å². The van der Waals surface area contributed by atoms with Crippen LogP contribution in [0.25, 0.3) is 0 Å². The van der Waals surface area contributed by atoms with Gasteiger partial charge in [0.1, 0.15) is 0 Å². The van der Waals surface area contributed by atoms with E-state index in [2.05, 4.69) is 37.4 Å². The van der Waals surface area contributed by atoms with Crippen LogP contribution < -0.4 is 5.32 Å².